The highest BCUT2D eigenvalue weighted by atomic mass is 15.1. The first kappa shape index (κ1) is 13.5. The van der Waals surface area contributed by atoms with Crippen LogP contribution in [0.15, 0.2) is 30.6 Å². The van der Waals surface area contributed by atoms with Crippen molar-refractivity contribution in [1.29, 1.82) is 0 Å². The summed E-state index contributed by atoms with van der Waals surface area (Å²) >= 11 is 0. The second-order valence-electron chi connectivity index (χ2n) is 6.23. The Hall–Kier alpha value is -2.43. The van der Waals surface area contributed by atoms with Gasteiger partial charge in [0.05, 0.1) is 11.0 Å². The van der Waals surface area contributed by atoms with Crippen LogP contribution in [0, 0.1) is 6.92 Å². The molecule has 0 amide bonds. The molecule has 21 heavy (non-hydrogen) atoms. The quantitative estimate of drug-likeness (QED) is 0.744. The Morgan fingerprint density at radius 1 is 1.10 bits per heavy atom. The van der Waals surface area contributed by atoms with E-state index in [-0.39, 0.29) is 5.41 Å². The Morgan fingerprint density at radius 3 is 2.52 bits per heavy atom. The van der Waals surface area contributed by atoms with Gasteiger partial charge >= 0.3 is 0 Å². The number of nitrogens with two attached hydrogens (primary N) is 1. The molecule has 0 aliphatic heterocycles. The van der Waals surface area contributed by atoms with Crippen LogP contribution in [0.4, 0.5) is 5.82 Å². The fourth-order valence-corrected chi connectivity index (χ4v) is 2.22. The summed E-state index contributed by atoms with van der Waals surface area (Å²) in [6.45, 7) is 8.17. The van der Waals surface area contributed by atoms with E-state index < -0.39 is 0 Å². The summed E-state index contributed by atoms with van der Waals surface area (Å²) in [4.78, 5) is 13.6. The fraction of sp³-hybridized carbons (Fsp3) is 0.312. The maximum atomic E-state index is 6.08. The van der Waals surface area contributed by atoms with Gasteiger partial charge in [0.15, 0.2) is 0 Å². The summed E-state index contributed by atoms with van der Waals surface area (Å²) < 4.78 is 1.97. The predicted molar refractivity (Wildman–Crippen MR) is 84.5 cm³/mol. The van der Waals surface area contributed by atoms with Crippen LogP contribution in [0.5, 0.6) is 0 Å². The molecule has 5 nitrogen and oxygen atoms in total. The van der Waals surface area contributed by atoms with Crippen molar-refractivity contribution in [2.24, 2.45) is 0 Å². The Bertz CT molecular complexity index is 811. The van der Waals surface area contributed by atoms with Gasteiger partial charge in [0.25, 0.3) is 0 Å². The van der Waals surface area contributed by atoms with Crippen LogP contribution in [-0.2, 0) is 5.41 Å². The van der Waals surface area contributed by atoms with Gasteiger partial charge in [0.1, 0.15) is 23.8 Å². The zero-order valence-electron chi connectivity index (χ0n) is 12.8. The third-order valence-corrected chi connectivity index (χ3v) is 3.51. The average Bonchev–Trinajstić information content (AvgIpc) is 2.84. The summed E-state index contributed by atoms with van der Waals surface area (Å²) in [6, 6.07) is 7.97. The van der Waals surface area contributed by atoms with Crippen molar-refractivity contribution in [2.45, 2.75) is 33.1 Å². The number of imidazole rings is 1. The van der Waals surface area contributed by atoms with Gasteiger partial charge in [-0.15, -0.1) is 0 Å². The molecule has 5 heteroatoms. The van der Waals surface area contributed by atoms with E-state index in [0.29, 0.717) is 5.82 Å². The standard InChI is InChI=1S/C16H19N5/c1-10-13(17)19-15(16(2,3)4)20-14(10)21-9-18-11-7-5-6-8-12(11)21/h5-9H,1-4H3,(H2,17,19,20). The molecule has 0 aliphatic carbocycles. The third kappa shape index (κ3) is 2.24. The van der Waals surface area contributed by atoms with Gasteiger partial charge in [0.2, 0.25) is 0 Å². The van der Waals surface area contributed by atoms with Crippen molar-refractivity contribution in [1.82, 2.24) is 19.5 Å². The Morgan fingerprint density at radius 2 is 1.81 bits per heavy atom. The van der Waals surface area contributed by atoms with Crippen LogP contribution in [0.3, 0.4) is 0 Å². The monoisotopic (exact) mass is 281 g/mol. The summed E-state index contributed by atoms with van der Waals surface area (Å²) in [5.41, 5.74) is 8.74. The Labute approximate surface area is 123 Å². The molecule has 1 aromatic carbocycles. The molecule has 2 N–H and O–H groups in total. The summed E-state index contributed by atoms with van der Waals surface area (Å²) in [5, 5.41) is 0. The minimum Gasteiger partial charge on any atom is -0.383 e. The highest BCUT2D eigenvalue weighted by molar-refractivity contribution is 5.77. The number of rotatable bonds is 1. The minimum absolute atomic E-state index is 0.160. The molecule has 0 bridgehead atoms. The summed E-state index contributed by atoms with van der Waals surface area (Å²) in [6.07, 6.45) is 1.78. The molecule has 0 fully saturated rings. The maximum Gasteiger partial charge on any atom is 0.147 e. The molecule has 0 atom stereocenters. The lowest BCUT2D eigenvalue weighted by molar-refractivity contribution is 0.544. The largest absolute Gasteiger partial charge is 0.383 e. The lowest BCUT2D eigenvalue weighted by atomic mass is 9.95. The smallest absolute Gasteiger partial charge is 0.147 e. The number of benzene rings is 1. The van der Waals surface area contributed by atoms with E-state index in [9.17, 15) is 0 Å². The van der Waals surface area contributed by atoms with Crippen molar-refractivity contribution in [3.05, 3.63) is 42.0 Å². The lowest BCUT2D eigenvalue weighted by Gasteiger charge is -2.19. The summed E-state index contributed by atoms with van der Waals surface area (Å²) in [7, 11) is 0. The minimum atomic E-state index is -0.160. The molecule has 0 unspecified atom stereocenters. The number of hydrogen-bond acceptors (Lipinski definition) is 4. The number of anilines is 1. The zero-order valence-corrected chi connectivity index (χ0v) is 12.8. The molecule has 0 spiro atoms. The van der Waals surface area contributed by atoms with Crippen molar-refractivity contribution >= 4 is 16.9 Å². The van der Waals surface area contributed by atoms with Crippen LogP contribution in [0.25, 0.3) is 16.9 Å². The molecule has 3 aromatic rings. The molecule has 0 saturated heterocycles. The van der Waals surface area contributed by atoms with E-state index >= 15 is 0 Å². The SMILES string of the molecule is Cc1c(N)nc(C(C)(C)C)nc1-n1cnc2ccccc21. The molecule has 0 aliphatic rings. The van der Waals surface area contributed by atoms with Crippen LogP contribution in [-0.4, -0.2) is 19.5 Å². The molecular formula is C16H19N5. The Balaban J connectivity index is 2.29. The predicted octanol–water partition coefficient (Wildman–Crippen LogP) is 3.00. The Kier molecular flexibility index (Phi) is 2.93. The number of nitrogens with zero attached hydrogens (tertiary/aromatic N) is 4. The molecule has 2 aromatic heterocycles. The molecule has 0 radical (unpaired) electrons. The van der Waals surface area contributed by atoms with Crippen LogP contribution in [0.1, 0.15) is 32.2 Å². The highest BCUT2D eigenvalue weighted by Gasteiger charge is 2.21. The van der Waals surface area contributed by atoms with E-state index in [1.54, 1.807) is 6.33 Å². The first-order valence-electron chi connectivity index (χ1n) is 6.95. The highest BCUT2D eigenvalue weighted by Crippen LogP contribution is 2.26. The molecular weight excluding hydrogens is 262 g/mol. The lowest BCUT2D eigenvalue weighted by Crippen LogP contribution is -2.19. The number of fused-ring (bicyclic) bond motifs is 1. The van der Waals surface area contributed by atoms with Gasteiger partial charge in [-0.3, -0.25) is 4.57 Å². The van der Waals surface area contributed by atoms with Crippen LogP contribution in [0.2, 0.25) is 0 Å². The van der Waals surface area contributed by atoms with E-state index in [1.807, 2.05) is 35.8 Å². The topological polar surface area (TPSA) is 69.6 Å². The van der Waals surface area contributed by atoms with E-state index in [0.717, 1.165) is 28.2 Å². The molecule has 0 saturated carbocycles. The normalized spacial score (nSPS) is 12.0. The van der Waals surface area contributed by atoms with Crippen LogP contribution >= 0.6 is 0 Å². The van der Waals surface area contributed by atoms with Gasteiger partial charge < -0.3 is 5.73 Å². The third-order valence-electron chi connectivity index (χ3n) is 3.51. The van der Waals surface area contributed by atoms with Gasteiger partial charge in [-0.25, -0.2) is 15.0 Å². The second kappa shape index (κ2) is 4.55. The van der Waals surface area contributed by atoms with Gasteiger partial charge in [-0.2, -0.15) is 0 Å². The van der Waals surface area contributed by atoms with E-state index in [1.165, 1.54) is 0 Å². The first-order valence-corrected chi connectivity index (χ1v) is 6.95. The number of nitrogen functional groups attached to an aromatic ring is 1. The average molecular weight is 281 g/mol. The van der Waals surface area contributed by atoms with Crippen molar-refractivity contribution < 1.29 is 0 Å². The van der Waals surface area contributed by atoms with Gasteiger partial charge in [0, 0.05) is 11.0 Å². The molecule has 2 heterocycles. The maximum absolute atomic E-state index is 6.08. The van der Waals surface area contributed by atoms with Gasteiger partial charge in [-0.05, 0) is 19.1 Å². The van der Waals surface area contributed by atoms with E-state index in [4.69, 9.17) is 10.7 Å². The number of aromatic nitrogens is 4. The number of para-hydroxylation sites is 2. The second-order valence-corrected chi connectivity index (χ2v) is 6.23. The molecule has 108 valence electrons. The van der Waals surface area contributed by atoms with Crippen LogP contribution < -0.4 is 5.73 Å². The first-order chi connectivity index (χ1) is 9.88. The van der Waals surface area contributed by atoms with E-state index in [2.05, 4.69) is 30.7 Å². The van der Waals surface area contributed by atoms with Crippen molar-refractivity contribution in [3.8, 4) is 5.82 Å². The molecule has 3 rings (SSSR count). The fourth-order valence-electron chi connectivity index (χ4n) is 2.22. The van der Waals surface area contributed by atoms with Gasteiger partial charge in [-0.1, -0.05) is 32.9 Å². The zero-order chi connectivity index (χ0) is 15.2. The van der Waals surface area contributed by atoms with Crippen molar-refractivity contribution in [2.75, 3.05) is 5.73 Å². The summed E-state index contributed by atoms with van der Waals surface area (Å²) in [5.74, 6) is 2.04. The number of hydrogen-bond donors (Lipinski definition) is 1. The van der Waals surface area contributed by atoms with Crippen molar-refractivity contribution in [3.63, 3.8) is 0 Å².